The molecule has 1 aromatic rings. The van der Waals surface area contributed by atoms with Crippen molar-refractivity contribution in [1.82, 2.24) is 10.6 Å². The number of amides is 2. The summed E-state index contributed by atoms with van der Waals surface area (Å²) in [4.78, 5) is 28.3. The Bertz CT molecular complexity index is 511. The van der Waals surface area contributed by atoms with Crippen LogP contribution < -0.4 is 10.6 Å². The Morgan fingerprint density at radius 2 is 2.25 bits per heavy atom. The number of nitrogens with zero attached hydrogens (tertiary/aromatic N) is 1. The zero-order valence-electron chi connectivity index (χ0n) is 11.4. The standard InChI is InChI=1S/C13H17N3O3S/c1-8(2)10(12(18)16-13-14-5-7-20-13)15-11(17)9-4-3-6-19-9/h3-4,6,8,10H,5,7H2,1-2H3,(H,15,17)(H,14,16,18). The number of carbonyl (C=O) groups is 2. The number of nitrogens with one attached hydrogen (secondary N) is 2. The van der Waals surface area contributed by atoms with Gasteiger partial charge in [-0.3, -0.25) is 14.6 Å². The minimum Gasteiger partial charge on any atom is -0.459 e. The summed E-state index contributed by atoms with van der Waals surface area (Å²) in [6.07, 6.45) is 1.42. The van der Waals surface area contributed by atoms with Gasteiger partial charge in [-0.05, 0) is 18.1 Å². The van der Waals surface area contributed by atoms with Gasteiger partial charge in [0.2, 0.25) is 5.91 Å². The van der Waals surface area contributed by atoms with E-state index < -0.39 is 11.9 Å². The Labute approximate surface area is 121 Å². The minimum atomic E-state index is -0.628. The van der Waals surface area contributed by atoms with Gasteiger partial charge in [-0.15, -0.1) is 0 Å². The zero-order chi connectivity index (χ0) is 14.5. The van der Waals surface area contributed by atoms with Crippen molar-refractivity contribution in [2.75, 3.05) is 12.3 Å². The normalized spacial score (nSPS) is 15.8. The van der Waals surface area contributed by atoms with Gasteiger partial charge in [0.15, 0.2) is 10.9 Å². The summed E-state index contributed by atoms with van der Waals surface area (Å²) in [6.45, 7) is 4.46. The fourth-order valence-electron chi connectivity index (χ4n) is 1.75. The largest absolute Gasteiger partial charge is 0.459 e. The van der Waals surface area contributed by atoms with Crippen LogP contribution >= 0.6 is 11.8 Å². The second-order valence-electron chi connectivity index (χ2n) is 4.70. The second kappa shape index (κ2) is 6.60. The number of rotatable bonds is 4. The summed E-state index contributed by atoms with van der Waals surface area (Å²) in [5.41, 5.74) is 0. The topological polar surface area (TPSA) is 83.7 Å². The van der Waals surface area contributed by atoms with Gasteiger partial charge in [0.1, 0.15) is 6.04 Å². The third-order valence-electron chi connectivity index (χ3n) is 2.80. The van der Waals surface area contributed by atoms with E-state index in [0.717, 1.165) is 5.75 Å². The van der Waals surface area contributed by atoms with Crippen molar-refractivity contribution in [3.05, 3.63) is 24.2 Å². The minimum absolute atomic E-state index is 0.0408. The van der Waals surface area contributed by atoms with Crippen LogP contribution in [0.1, 0.15) is 24.4 Å². The maximum atomic E-state index is 12.2. The van der Waals surface area contributed by atoms with Crippen molar-refractivity contribution in [3.8, 4) is 0 Å². The predicted molar refractivity (Wildman–Crippen MR) is 77.7 cm³/mol. The van der Waals surface area contributed by atoms with Crippen molar-refractivity contribution >= 4 is 28.7 Å². The molecule has 1 atom stereocenters. The lowest BCUT2D eigenvalue weighted by atomic mass is 10.0. The number of aliphatic imine (C=N–C) groups is 1. The lowest BCUT2D eigenvalue weighted by Crippen LogP contribution is -2.50. The highest BCUT2D eigenvalue weighted by molar-refractivity contribution is 8.14. The van der Waals surface area contributed by atoms with E-state index in [1.807, 2.05) is 13.8 Å². The van der Waals surface area contributed by atoms with Gasteiger partial charge in [0.25, 0.3) is 5.91 Å². The van der Waals surface area contributed by atoms with E-state index in [1.165, 1.54) is 18.0 Å². The molecule has 0 bridgehead atoms. The van der Waals surface area contributed by atoms with Crippen molar-refractivity contribution in [1.29, 1.82) is 0 Å². The number of hydrogen-bond donors (Lipinski definition) is 2. The van der Waals surface area contributed by atoms with Gasteiger partial charge in [-0.2, -0.15) is 0 Å². The Balaban J connectivity index is 1.99. The van der Waals surface area contributed by atoms with E-state index in [-0.39, 0.29) is 17.6 Å². The van der Waals surface area contributed by atoms with Gasteiger partial charge in [0.05, 0.1) is 12.8 Å². The first-order valence-electron chi connectivity index (χ1n) is 6.40. The molecule has 0 aliphatic carbocycles. The summed E-state index contributed by atoms with van der Waals surface area (Å²) in [5.74, 6) is 0.371. The van der Waals surface area contributed by atoms with Gasteiger partial charge >= 0.3 is 0 Å². The Morgan fingerprint density at radius 3 is 2.80 bits per heavy atom. The van der Waals surface area contributed by atoms with Crippen molar-refractivity contribution in [2.24, 2.45) is 10.9 Å². The summed E-state index contributed by atoms with van der Waals surface area (Å²) in [7, 11) is 0. The molecule has 6 nitrogen and oxygen atoms in total. The fourth-order valence-corrected chi connectivity index (χ4v) is 2.48. The fraction of sp³-hybridized carbons (Fsp3) is 0.462. The quantitative estimate of drug-likeness (QED) is 0.875. The molecule has 7 heteroatoms. The number of carbonyl (C=O) groups excluding carboxylic acids is 2. The number of furan rings is 1. The molecule has 0 radical (unpaired) electrons. The zero-order valence-corrected chi connectivity index (χ0v) is 12.2. The highest BCUT2D eigenvalue weighted by Gasteiger charge is 2.26. The first kappa shape index (κ1) is 14.6. The molecule has 0 aromatic carbocycles. The SMILES string of the molecule is CC(C)C(NC(=O)c1ccco1)C(=O)NC1=NCCS1. The van der Waals surface area contributed by atoms with Crippen LogP contribution in [0.3, 0.4) is 0 Å². The second-order valence-corrected chi connectivity index (χ2v) is 5.78. The van der Waals surface area contributed by atoms with Crippen LogP contribution in [0, 0.1) is 5.92 Å². The molecule has 108 valence electrons. The molecule has 2 rings (SSSR count). The van der Waals surface area contributed by atoms with Gasteiger partial charge < -0.3 is 15.1 Å². The lowest BCUT2D eigenvalue weighted by Gasteiger charge is -2.20. The summed E-state index contributed by atoms with van der Waals surface area (Å²) < 4.78 is 5.02. The molecule has 0 spiro atoms. The highest BCUT2D eigenvalue weighted by atomic mass is 32.2. The number of hydrogen-bond acceptors (Lipinski definition) is 5. The van der Waals surface area contributed by atoms with E-state index in [4.69, 9.17) is 4.42 Å². The van der Waals surface area contributed by atoms with E-state index in [1.54, 1.807) is 12.1 Å². The summed E-state index contributed by atoms with van der Waals surface area (Å²) in [6, 6.07) is 2.56. The Kier molecular flexibility index (Phi) is 4.84. The third-order valence-corrected chi connectivity index (χ3v) is 3.69. The summed E-state index contributed by atoms with van der Waals surface area (Å²) >= 11 is 1.50. The molecule has 2 heterocycles. The van der Waals surface area contributed by atoms with E-state index in [9.17, 15) is 9.59 Å². The number of amidine groups is 1. The van der Waals surface area contributed by atoms with Crippen LogP contribution in [0.4, 0.5) is 0 Å². The van der Waals surface area contributed by atoms with E-state index in [2.05, 4.69) is 15.6 Å². The van der Waals surface area contributed by atoms with Crippen LogP contribution in [0.2, 0.25) is 0 Å². The first-order chi connectivity index (χ1) is 9.58. The van der Waals surface area contributed by atoms with Crippen LogP contribution in [0.5, 0.6) is 0 Å². The van der Waals surface area contributed by atoms with Crippen LogP contribution in [-0.2, 0) is 4.79 Å². The average molecular weight is 295 g/mol. The molecular formula is C13H17N3O3S. The molecule has 0 saturated carbocycles. The highest BCUT2D eigenvalue weighted by Crippen LogP contribution is 2.11. The van der Waals surface area contributed by atoms with Crippen LogP contribution in [0.25, 0.3) is 0 Å². The lowest BCUT2D eigenvalue weighted by molar-refractivity contribution is -0.122. The molecule has 1 aliphatic heterocycles. The molecule has 2 N–H and O–H groups in total. The molecular weight excluding hydrogens is 278 g/mol. The molecule has 1 aliphatic rings. The smallest absolute Gasteiger partial charge is 0.287 e. The molecule has 20 heavy (non-hydrogen) atoms. The Hall–Kier alpha value is -1.76. The van der Waals surface area contributed by atoms with Gasteiger partial charge in [0, 0.05) is 5.75 Å². The molecule has 1 unspecified atom stereocenters. The van der Waals surface area contributed by atoms with Crippen LogP contribution in [-0.4, -0.2) is 35.3 Å². The molecule has 0 fully saturated rings. The predicted octanol–water partition coefficient (Wildman–Crippen LogP) is 1.25. The van der Waals surface area contributed by atoms with Crippen molar-refractivity contribution < 1.29 is 14.0 Å². The maximum Gasteiger partial charge on any atom is 0.287 e. The Morgan fingerprint density at radius 1 is 1.45 bits per heavy atom. The van der Waals surface area contributed by atoms with Gasteiger partial charge in [-0.25, -0.2) is 0 Å². The average Bonchev–Trinajstić information content (AvgIpc) is 3.07. The van der Waals surface area contributed by atoms with Crippen molar-refractivity contribution in [3.63, 3.8) is 0 Å². The monoisotopic (exact) mass is 295 g/mol. The van der Waals surface area contributed by atoms with Crippen LogP contribution in [0.15, 0.2) is 27.8 Å². The number of thioether (sulfide) groups is 1. The maximum absolute atomic E-state index is 12.2. The van der Waals surface area contributed by atoms with Gasteiger partial charge in [-0.1, -0.05) is 25.6 Å². The summed E-state index contributed by atoms with van der Waals surface area (Å²) in [5, 5.41) is 6.04. The molecule has 0 saturated heterocycles. The first-order valence-corrected chi connectivity index (χ1v) is 7.39. The van der Waals surface area contributed by atoms with E-state index >= 15 is 0 Å². The molecule has 2 amide bonds. The van der Waals surface area contributed by atoms with E-state index in [0.29, 0.717) is 11.7 Å². The van der Waals surface area contributed by atoms with Crippen molar-refractivity contribution in [2.45, 2.75) is 19.9 Å². The molecule has 1 aromatic heterocycles. The third kappa shape index (κ3) is 3.63.